The molecule has 3 heterocycles. The maximum atomic E-state index is 12.9. The molecule has 0 radical (unpaired) electrons. The number of aromatic nitrogens is 1. The zero-order valence-electron chi connectivity index (χ0n) is 18.9. The van der Waals surface area contributed by atoms with Crippen LogP contribution in [0.4, 0.5) is 0 Å². The molecule has 2 aromatic heterocycles. The van der Waals surface area contributed by atoms with E-state index in [1.54, 1.807) is 16.3 Å². The number of likely N-dealkylation sites (tertiary alicyclic amines) is 1. The second-order valence-corrected chi connectivity index (χ2v) is 9.34. The lowest BCUT2D eigenvalue weighted by molar-refractivity contribution is -0.121. The third-order valence-corrected chi connectivity index (χ3v) is 7.05. The second-order valence-electron chi connectivity index (χ2n) is 8.45. The highest BCUT2D eigenvalue weighted by molar-refractivity contribution is 7.09. The molecule has 4 aromatic rings. The number of furan rings is 1. The fraction of sp³-hybridized carbons (Fsp3) is 0.231. The van der Waals surface area contributed by atoms with Gasteiger partial charge < -0.3 is 9.32 Å². The summed E-state index contributed by atoms with van der Waals surface area (Å²) in [6.45, 7) is 1.19. The van der Waals surface area contributed by atoms with Crippen LogP contribution in [0.2, 0.25) is 0 Å². The number of piperidine rings is 1. The SMILES string of the molecule is O=C(Cc1ccccc1)NNC(=O)c1csc(C2CCN(C(=O)c3cc4ccccc4o3)CC2)n1. The minimum atomic E-state index is -0.452. The summed E-state index contributed by atoms with van der Waals surface area (Å²) in [7, 11) is 0. The molecule has 1 fully saturated rings. The number of fused-ring (bicyclic) bond motifs is 1. The number of amides is 3. The molecule has 35 heavy (non-hydrogen) atoms. The number of hydrazine groups is 1. The Morgan fingerprint density at radius 3 is 2.51 bits per heavy atom. The first-order valence-corrected chi connectivity index (χ1v) is 12.3. The number of benzene rings is 2. The molecule has 0 atom stereocenters. The van der Waals surface area contributed by atoms with Gasteiger partial charge in [0, 0.05) is 29.8 Å². The van der Waals surface area contributed by atoms with Gasteiger partial charge in [-0.25, -0.2) is 4.98 Å². The first-order valence-electron chi connectivity index (χ1n) is 11.4. The summed E-state index contributed by atoms with van der Waals surface area (Å²) in [4.78, 5) is 43.7. The van der Waals surface area contributed by atoms with Gasteiger partial charge in [0.2, 0.25) is 5.91 Å². The third-order valence-electron chi connectivity index (χ3n) is 6.05. The molecule has 0 spiro atoms. The summed E-state index contributed by atoms with van der Waals surface area (Å²) in [5.41, 5.74) is 6.70. The highest BCUT2D eigenvalue weighted by Crippen LogP contribution is 2.31. The first-order chi connectivity index (χ1) is 17.1. The number of nitrogens with one attached hydrogen (secondary N) is 2. The van der Waals surface area contributed by atoms with Crippen molar-refractivity contribution in [2.45, 2.75) is 25.2 Å². The fourth-order valence-electron chi connectivity index (χ4n) is 4.17. The van der Waals surface area contributed by atoms with Crippen LogP contribution in [0.25, 0.3) is 11.0 Å². The zero-order chi connectivity index (χ0) is 24.2. The van der Waals surface area contributed by atoms with Gasteiger partial charge in [-0.15, -0.1) is 11.3 Å². The van der Waals surface area contributed by atoms with E-state index in [1.165, 1.54) is 11.3 Å². The number of para-hydroxylation sites is 1. The van der Waals surface area contributed by atoms with Crippen LogP contribution in [0.3, 0.4) is 0 Å². The van der Waals surface area contributed by atoms with Gasteiger partial charge in [0.1, 0.15) is 11.3 Å². The number of carbonyl (C=O) groups is 3. The molecule has 8 nitrogen and oxygen atoms in total. The molecule has 2 aromatic carbocycles. The number of carbonyl (C=O) groups excluding carboxylic acids is 3. The average Bonchev–Trinajstić information content (AvgIpc) is 3.55. The van der Waals surface area contributed by atoms with E-state index >= 15 is 0 Å². The van der Waals surface area contributed by atoms with Crippen molar-refractivity contribution in [1.82, 2.24) is 20.7 Å². The topological polar surface area (TPSA) is 105 Å². The summed E-state index contributed by atoms with van der Waals surface area (Å²) in [6, 6.07) is 18.7. The van der Waals surface area contributed by atoms with E-state index < -0.39 is 5.91 Å². The van der Waals surface area contributed by atoms with Crippen LogP contribution in [-0.2, 0) is 11.2 Å². The minimum Gasteiger partial charge on any atom is -0.451 e. The van der Waals surface area contributed by atoms with Crippen LogP contribution in [0.5, 0.6) is 0 Å². The Labute approximate surface area is 205 Å². The van der Waals surface area contributed by atoms with E-state index in [0.717, 1.165) is 28.8 Å². The Morgan fingerprint density at radius 1 is 1.00 bits per heavy atom. The van der Waals surface area contributed by atoms with Gasteiger partial charge in [-0.05, 0) is 30.5 Å². The number of nitrogens with zero attached hydrogens (tertiary/aromatic N) is 2. The molecule has 0 aliphatic carbocycles. The Morgan fingerprint density at radius 2 is 1.74 bits per heavy atom. The van der Waals surface area contributed by atoms with Crippen molar-refractivity contribution in [2.24, 2.45) is 0 Å². The van der Waals surface area contributed by atoms with Gasteiger partial charge in [-0.3, -0.25) is 25.2 Å². The van der Waals surface area contributed by atoms with Gasteiger partial charge in [0.05, 0.1) is 11.4 Å². The summed E-state index contributed by atoms with van der Waals surface area (Å²) in [5, 5.41) is 3.47. The number of hydrogen-bond donors (Lipinski definition) is 2. The molecule has 1 aliphatic rings. The molecule has 3 amide bonds. The van der Waals surface area contributed by atoms with Gasteiger partial charge in [0.25, 0.3) is 11.8 Å². The lowest BCUT2D eigenvalue weighted by atomic mass is 9.97. The van der Waals surface area contributed by atoms with E-state index in [4.69, 9.17) is 4.42 Å². The standard InChI is InChI=1S/C26H24N4O4S/c31-23(14-17-6-2-1-3-7-17)28-29-24(32)20-16-35-25(27-20)18-10-12-30(13-11-18)26(33)22-15-19-8-4-5-9-21(19)34-22/h1-9,15-16,18H,10-14H2,(H,28,31)(H,29,32). The monoisotopic (exact) mass is 488 g/mol. The molecular weight excluding hydrogens is 464 g/mol. The van der Waals surface area contributed by atoms with Crippen LogP contribution < -0.4 is 10.9 Å². The van der Waals surface area contributed by atoms with E-state index in [-0.39, 0.29) is 29.8 Å². The predicted molar refractivity (Wildman–Crippen MR) is 132 cm³/mol. The molecule has 0 saturated carbocycles. The Kier molecular flexibility index (Phi) is 6.58. The van der Waals surface area contributed by atoms with E-state index in [1.807, 2.05) is 54.6 Å². The van der Waals surface area contributed by atoms with Crippen molar-refractivity contribution in [1.29, 1.82) is 0 Å². The normalized spacial score (nSPS) is 14.1. The average molecular weight is 489 g/mol. The van der Waals surface area contributed by atoms with Crippen LogP contribution in [-0.4, -0.2) is 40.7 Å². The molecule has 2 N–H and O–H groups in total. The maximum Gasteiger partial charge on any atom is 0.289 e. The molecule has 1 saturated heterocycles. The summed E-state index contributed by atoms with van der Waals surface area (Å²) >= 11 is 1.42. The van der Waals surface area contributed by atoms with Crippen LogP contribution in [0.15, 0.2) is 70.5 Å². The van der Waals surface area contributed by atoms with Crippen LogP contribution in [0, 0.1) is 0 Å². The van der Waals surface area contributed by atoms with Crippen molar-refractivity contribution >= 4 is 40.0 Å². The Hall–Kier alpha value is -3.98. The lowest BCUT2D eigenvalue weighted by Gasteiger charge is -2.30. The van der Waals surface area contributed by atoms with Gasteiger partial charge in [0.15, 0.2) is 5.76 Å². The molecule has 5 rings (SSSR count). The van der Waals surface area contributed by atoms with Gasteiger partial charge in [-0.1, -0.05) is 48.5 Å². The van der Waals surface area contributed by atoms with Crippen molar-refractivity contribution in [3.8, 4) is 0 Å². The third kappa shape index (κ3) is 5.25. The van der Waals surface area contributed by atoms with Crippen molar-refractivity contribution in [3.05, 3.63) is 88.1 Å². The smallest absolute Gasteiger partial charge is 0.289 e. The van der Waals surface area contributed by atoms with Crippen molar-refractivity contribution in [2.75, 3.05) is 13.1 Å². The highest BCUT2D eigenvalue weighted by Gasteiger charge is 2.28. The lowest BCUT2D eigenvalue weighted by Crippen LogP contribution is -2.42. The molecule has 0 unspecified atom stereocenters. The highest BCUT2D eigenvalue weighted by atomic mass is 32.1. The molecule has 0 bridgehead atoms. The summed E-state index contributed by atoms with van der Waals surface area (Å²) in [6.07, 6.45) is 1.69. The van der Waals surface area contributed by atoms with E-state index in [2.05, 4.69) is 15.8 Å². The Bertz CT molecular complexity index is 1320. The largest absolute Gasteiger partial charge is 0.451 e. The van der Waals surface area contributed by atoms with Crippen molar-refractivity contribution in [3.63, 3.8) is 0 Å². The number of rotatable bonds is 5. The quantitative estimate of drug-likeness (QED) is 0.415. The zero-order valence-corrected chi connectivity index (χ0v) is 19.7. The van der Waals surface area contributed by atoms with E-state index in [9.17, 15) is 14.4 Å². The maximum absolute atomic E-state index is 12.9. The Balaban J connectivity index is 1.12. The first kappa shape index (κ1) is 22.8. The van der Waals surface area contributed by atoms with E-state index in [0.29, 0.717) is 24.4 Å². The van der Waals surface area contributed by atoms with Gasteiger partial charge in [-0.2, -0.15) is 0 Å². The molecule has 1 aliphatic heterocycles. The minimum absolute atomic E-state index is 0.106. The van der Waals surface area contributed by atoms with Crippen LogP contribution >= 0.6 is 11.3 Å². The number of thiazole rings is 1. The fourth-order valence-corrected chi connectivity index (χ4v) is 5.14. The summed E-state index contributed by atoms with van der Waals surface area (Å²) < 4.78 is 5.72. The predicted octanol–water partition coefficient (Wildman–Crippen LogP) is 3.91. The van der Waals surface area contributed by atoms with Crippen molar-refractivity contribution < 1.29 is 18.8 Å². The van der Waals surface area contributed by atoms with Gasteiger partial charge >= 0.3 is 0 Å². The summed E-state index contributed by atoms with van der Waals surface area (Å²) in [5.74, 6) is -0.334. The molecule has 178 valence electrons. The second kappa shape index (κ2) is 10.1. The molecule has 9 heteroatoms. The van der Waals surface area contributed by atoms with Crippen LogP contribution in [0.1, 0.15) is 50.4 Å². The number of hydrogen-bond acceptors (Lipinski definition) is 6. The molecular formula is C26H24N4O4S.